The number of para-hydroxylation sites is 4. The molecule has 1 heterocycles. The quantitative estimate of drug-likeness (QED) is 0.514. The molecule has 0 aromatic heterocycles. The summed E-state index contributed by atoms with van der Waals surface area (Å²) < 4.78 is 16.9. The van der Waals surface area contributed by atoms with E-state index in [1.54, 1.807) is 21.3 Å². The lowest BCUT2D eigenvalue weighted by Gasteiger charge is -2.31. The molecule has 2 N–H and O–H groups in total. The van der Waals surface area contributed by atoms with Crippen LogP contribution in [0.5, 0.6) is 17.2 Å². The number of ether oxygens (including phenoxy) is 3. The summed E-state index contributed by atoms with van der Waals surface area (Å²) in [5.74, 6) is 2.17. The summed E-state index contributed by atoms with van der Waals surface area (Å²) in [7, 11) is 4.91. The minimum absolute atomic E-state index is 0.0213. The molecule has 1 aliphatic heterocycles. The highest BCUT2D eigenvalue weighted by atomic mass is 16.5. The van der Waals surface area contributed by atoms with E-state index in [-0.39, 0.29) is 17.7 Å². The van der Waals surface area contributed by atoms with Gasteiger partial charge in [0.25, 0.3) is 0 Å². The predicted octanol–water partition coefficient (Wildman–Crippen LogP) is 5.69. The summed E-state index contributed by atoms with van der Waals surface area (Å²) in [5.41, 5.74) is 5.42. The third-order valence-corrected chi connectivity index (χ3v) is 6.63. The number of nitrogens with one attached hydrogen (secondary N) is 2. The van der Waals surface area contributed by atoms with Crippen LogP contribution in [0, 0.1) is 0 Å². The second-order valence-electron chi connectivity index (χ2n) is 8.49. The highest BCUT2D eigenvalue weighted by Crippen LogP contribution is 2.48. The number of benzene rings is 3. The van der Waals surface area contributed by atoms with Crippen molar-refractivity contribution in [2.24, 2.45) is 0 Å². The van der Waals surface area contributed by atoms with Crippen molar-refractivity contribution < 1.29 is 19.0 Å². The summed E-state index contributed by atoms with van der Waals surface area (Å²) in [4.78, 5) is 13.8. The van der Waals surface area contributed by atoms with Crippen molar-refractivity contribution in [1.82, 2.24) is 0 Å². The molecular formula is C28H28N2O4. The van der Waals surface area contributed by atoms with Crippen molar-refractivity contribution in [2.45, 2.75) is 24.8 Å². The van der Waals surface area contributed by atoms with Gasteiger partial charge in [0.05, 0.1) is 38.7 Å². The first-order valence-corrected chi connectivity index (χ1v) is 11.4. The number of hydrogen-bond donors (Lipinski definition) is 2. The number of methoxy groups -OCH3 is 3. The molecule has 0 fully saturated rings. The van der Waals surface area contributed by atoms with Crippen molar-refractivity contribution in [1.29, 1.82) is 0 Å². The van der Waals surface area contributed by atoms with E-state index in [0.29, 0.717) is 24.3 Å². The summed E-state index contributed by atoms with van der Waals surface area (Å²) >= 11 is 0. The third kappa shape index (κ3) is 3.75. The van der Waals surface area contributed by atoms with Gasteiger partial charge in [0.1, 0.15) is 5.75 Å². The molecule has 2 atom stereocenters. The van der Waals surface area contributed by atoms with Crippen molar-refractivity contribution >= 4 is 17.2 Å². The van der Waals surface area contributed by atoms with Crippen LogP contribution in [0.2, 0.25) is 0 Å². The van der Waals surface area contributed by atoms with Crippen LogP contribution in [-0.4, -0.2) is 27.1 Å². The Morgan fingerprint density at radius 2 is 1.41 bits per heavy atom. The van der Waals surface area contributed by atoms with Crippen LogP contribution in [0.25, 0.3) is 0 Å². The monoisotopic (exact) mass is 456 g/mol. The third-order valence-electron chi connectivity index (χ3n) is 6.63. The van der Waals surface area contributed by atoms with E-state index in [1.165, 1.54) is 0 Å². The maximum absolute atomic E-state index is 13.8. The summed E-state index contributed by atoms with van der Waals surface area (Å²) in [6.45, 7) is 0. The van der Waals surface area contributed by atoms with Gasteiger partial charge >= 0.3 is 0 Å². The molecule has 0 saturated heterocycles. The zero-order chi connectivity index (χ0) is 23.7. The van der Waals surface area contributed by atoms with Crippen LogP contribution in [0.3, 0.4) is 0 Å². The predicted molar refractivity (Wildman–Crippen MR) is 133 cm³/mol. The lowest BCUT2D eigenvalue weighted by molar-refractivity contribution is -0.116. The summed E-state index contributed by atoms with van der Waals surface area (Å²) in [5, 5.41) is 7.19. The minimum Gasteiger partial charge on any atom is -0.496 e. The summed E-state index contributed by atoms with van der Waals surface area (Å²) in [6, 6.07) is 21.3. The van der Waals surface area contributed by atoms with E-state index in [4.69, 9.17) is 14.2 Å². The molecule has 6 nitrogen and oxygen atoms in total. The molecule has 0 radical (unpaired) electrons. The number of anilines is 2. The second kappa shape index (κ2) is 9.14. The van der Waals surface area contributed by atoms with Crippen LogP contribution in [0.15, 0.2) is 78.0 Å². The number of carbonyl (C=O) groups excluding carboxylic acids is 1. The first kappa shape index (κ1) is 21.9. The Kier molecular flexibility index (Phi) is 5.88. The lowest BCUT2D eigenvalue weighted by Crippen LogP contribution is -2.27. The Hall–Kier alpha value is -3.93. The van der Waals surface area contributed by atoms with Crippen molar-refractivity contribution in [3.63, 3.8) is 0 Å². The van der Waals surface area contributed by atoms with Gasteiger partial charge in [-0.05, 0) is 36.2 Å². The molecule has 0 amide bonds. The SMILES string of the molecule is COc1ccccc1C1CC(=O)C2=C(C1)Nc1ccccc1NC2c1cccc(OC)c1OC. The number of rotatable bonds is 5. The highest BCUT2D eigenvalue weighted by molar-refractivity contribution is 6.01. The van der Waals surface area contributed by atoms with E-state index in [2.05, 4.69) is 10.6 Å². The van der Waals surface area contributed by atoms with Gasteiger partial charge < -0.3 is 24.8 Å². The second-order valence-corrected chi connectivity index (χ2v) is 8.49. The average molecular weight is 457 g/mol. The molecule has 0 saturated carbocycles. The maximum Gasteiger partial charge on any atom is 0.166 e. The van der Waals surface area contributed by atoms with Crippen LogP contribution in [0.4, 0.5) is 11.4 Å². The van der Waals surface area contributed by atoms with Gasteiger partial charge in [0.15, 0.2) is 17.3 Å². The Balaban J connectivity index is 1.66. The normalized spacial score (nSPS) is 19.2. The van der Waals surface area contributed by atoms with E-state index in [0.717, 1.165) is 39.5 Å². The molecule has 3 aromatic carbocycles. The Bertz CT molecular complexity index is 1270. The van der Waals surface area contributed by atoms with Crippen molar-refractivity contribution in [2.75, 3.05) is 32.0 Å². The number of hydrogen-bond acceptors (Lipinski definition) is 6. The highest BCUT2D eigenvalue weighted by Gasteiger charge is 2.38. The fourth-order valence-corrected chi connectivity index (χ4v) is 5.09. The number of allylic oxidation sites excluding steroid dienone is 1. The Morgan fingerprint density at radius 1 is 0.735 bits per heavy atom. The molecule has 2 aliphatic rings. The van der Waals surface area contributed by atoms with Crippen LogP contribution in [-0.2, 0) is 4.79 Å². The number of carbonyl (C=O) groups is 1. The number of Topliss-reactive ketones (excluding diaryl/α,β-unsaturated/α-hetero) is 1. The number of fused-ring (bicyclic) bond motifs is 1. The Labute approximate surface area is 199 Å². The fourth-order valence-electron chi connectivity index (χ4n) is 5.09. The van der Waals surface area contributed by atoms with Gasteiger partial charge in [-0.15, -0.1) is 0 Å². The number of ketones is 1. The Morgan fingerprint density at radius 3 is 2.18 bits per heavy atom. The zero-order valence-electron chi connectivity index (χ0n) is 19.6. The van der Waals surface area contributed by atoms with Crippen LogP contribution >= 0.6 is 0 Å². The van der Waals surface area contributed by atoms with E-state index >= 15 is 0 Å². The fraction of sp³-hybridized carbons (Fsp3) is 0.250. The molecule has 0 bridgehead atoms. The van der Waals surface area contributed by atoms with Gasteiger partial charge in [0.2, 0.25) is 0 Å². The molecule has 174 valence electrons. The molecule has 3 aromatic rings. The first-order chi connectivity index (χ1) is 16.6. The minimum atomic E-state index is -0.387. The van der Waals surface area contributed by atoms with Gasteiger partial charge in [-0.1, -0.05) is 42.5 Å². The van der Waals surface area contributed by atoms with E-state index < -0.39 is 0 Å². The molecule has 5 rings (SSSR count). The standard InChI is InChI=1S/C28H28N2O4/c1-32-24-13-7-4-9-18(24)17-15-22-26(23(31)16-17)27(30-21-12-6-5-11-20(21)29-22)19-10-8-14-25(33-2)28(19)34-3/h4-14,17,27,29-30H,15-16H2,1-3H3. The smallest absolute Gasteiger partial charge is 0.166 e. The van der Waals surface area contributed by atoms with Crippen molar-refractivity contribution in [3.8, 4) is 17.2 Å². The molecule has 0 spiro atoms. The average Bonchev–Trinajstić information content (AvgIpc) is 3.04. The maximum atomic E-state index is 13.8. The molecule has 2 unspecified atom stereocenters. The van der Waals surface area contributed by atoms with Gasteiger partial charge in [-0.25, -0.2) is 0 Å². The zero-order valence-corrected chi connectivity index (χ0v) is 19.6. The molecule has 6 heteroatoms. The van der Waals surface area contributed by atoms with E-state index in [1.807, 2.05) is 66.7 Å². The van der Waals surface area contributed by atoms with Gasteiger partial charge in [-0.2, -0.15) is 0 Å². The molecule has 34 heavy (non-hydrogen) atoms. The molecule has 1 aliphatic carbocycles. The van der Waals surface area contributed by atoms with Crippen LogP contribution in [0.1, 0.15) is 35.9 Å². The van der Waals surface area contributed by atoms with Gasteiger partial charge in [0, 0.05) is 29.2 Å². The lowest BCUT2D eigenvalue weighted by atomic mass is 9.78. The molecular weight excluding hydrogens is 428 g/mol. The van der Waals surface area contributed by atoms with Gasteiger partial charge in [-0.3, -0.25) is 4.79 Å². The van der Waals surface area contributed by atoms with E-state index in [9.17, 15) is 4.79 Å². The topological polar surface area (TPSA) is 68.8 Å². The summed E-state index contributed by atoms with van der Waals surface area (Å²) in [6.07, 6.45) is 1.10. The van der Waals surface area contributed by atoms with Crippen LogP contribution < -0.4 is 24.8 Å². The van der Waals surface area contributed by atoms with Crippen molar-refractivity contribution in [3.05, 3.63) is 89.1 Å². The largest absolute Gasteiger partial charge is 0.496 e. The first-order valence-electron chi connectivity index (χ1n) is 11.4.